The van der Waals surface area contributed by atoms with Gasteiger partial charge in [0.15, 0.2) is 0 Å². The van der Waals surface area contributed by atoms with Crippen LogP contribution in [0.25, 0.3) is 0 Å². The minimum atomic E-state index is 0.706. The van der Waals surface area contributed by atoms with Crippen LogP contribution >= 0.6 is 0 Å². The van der Waals surface area contributed by atoms with E-state index >= 15 is 0 Å². The van der Waals surface area contributed by atoms with Crippen LogP contribution in [0.4, 0.5) is 5.69 Å². The number of anilines is 1. The van der Waals surface area contributed by atoms with Crippen LogP contribution in [-0.2, 0) is 13.0 Å². The minimum absolute atomic E-state index is 0.706. The van der Waals surface area contributed by atoms with Gasteiger partial charge in [-0.05, 0) is 29.2 Å². The van der Waals surface area contributed by atoms with Crippen molar-refractivity contribution in [2.75, 3.05) is 24.5 Å². The number of hydrogen-bond donors (Lipinski definition) is 1. The molecule has 0 radical (unpaired) electrons. The van der Waals surface area contributed by atoms with E-state index in [1.165, 1.54) is 17.7 Å². The van der Waals surface area contributed by atoms with Gasteiger partial charge in [0.1, 0.15) is 0 Å². The predicted octanol–water partition coefficient (Wildman–Crippen LogP) is 2.94. The van der Waals surface area contributed by atoms with Gasteiger partial charge >= 0.3 is 0 Å². The predicted molar refractivity (Wildman–Crippen MR) is 83.2 cm³/mol. The molecule has 1 atom stereocenters. The average molecular weight is 264 g/mol. The van der Waals surface area contributed by atoms with E-state index in [2.05, 4.69) is 58.7 Å². The molecule has 4 rings (SSSR count). The lowest BCUT2D eigenvalue weighted by molar-refractivity contribution is 0.577. The van der Waals surface area contributed by atoms with E-state index in [1.807, 2.05) is 0 Å². The SMILES string of the molecule is c1ccc2c(c1)CC2CN1CCNCc2ccccc21. The molecule has 0 fully saturated rings. The molecule has 2 aliphatic rings. The molecule has 1 N–H and O–H groups in total. The molecule has 1 unspecified atom stereocenters. The Labute approximate surface area is 120 Å². The monoisotopic (exact) mass is 264 g/mol. The largest absolute Gasteiger partial charge is 0.369 e. The lowest BCUT2D eigenvalue weighted by atomic mass is 9.77. The van der Waals surface area contributed by atoms with Crippen LogP contribution in [0.5, 0.6) is 0 Å². The van der Waals surface area contributed by atoms with E-state index in [4.69, 9.17) is 0 Å². The van der Waals surface area contributed by atoms with Crippen molar-refractivity contribution in [2.45, 2.75) is 18.9 Å². The summed E-state index contributed by atoms with van der Waals surface area (Å²) in [6, 6.07) is 17.7. The summed E-state index contributed by atoms with van der Waals surface area (Å²) in [6.45, 7) is 4.32. The number of nitrogens with zero attached hydrogens (tertiary/aromatic N) is 1. The van der Waals surface area contributed by atoms with Gasteiger partial charge in [-0.25, -0.2) is 0 Å². The van der Waals surface area contributed by atoms with Gasteiger partial charge in [-0.3, -0.25) is 0 Å². The molecule has 1 aliphatic heterocycles. The summed E-state index contributed by atoms with van der Waals surface area (Å²) in [5.74, 6) is 0.706. The van der Waals surface area contributed by atoms with E-state index in [0.717, 1.165) is 26.2 Å². The van der Waals surface area contributed by atoms with Gasteiger partial charge in [0.25, 0.3) is 0 Å². The normalized spacial score (nSPS) is 20.6. The Bertz CT molecular complexity index is 620. The topological polar surface area (TPSA) is 15.3 Å². The van der Waals surface area contributed by atoms with Crippen LogP contribution in [0.2, 0.25) is 0 Å². The van der Waals surface area contributed by atoms with Gasteiger partial charge in [-0.1, -0.05) is 42.5 Å². The van der Waals surface area contributed by atoms with Gasteiger partial charge in [0.2, 0.25) is 0 Å². The second-order valence-corrected chi connectivity index (χ2v) is 5.85. The Kier molecular flexibility index (Phi) is 2.96. The number of benzene rings is 2. The Hall–Kier alpha value is -1.80. The molecule has 0 amide bonds. The summed E-state index contributed by atoms with van der Waals surface area (Å²) < 4.78 is 0. The van der Waals surface area contributed by atoms with Crippen molar-refractivity contribution in [3.05, 3.63) is 65.2 Å². The summed E-state index contributed by atoms with van der Waals surface area (Å²) in [5.41, 5.74) is 5.94. The maximum atomic E-state index is 3.52. The van der Waals surface area contributed by atoms with E-state index in [0.29, 0.717) is 5.92 Å². The Balaban J connectivity index is 1.58. The van der Waals surface area contributed by atoms with Crippen molar-refractivity contribution in [3.8, 4) is 0 Å². The average Bonchev–Trinajstić information content (AvgIpc) is 2.67. The third-order valence-electron chi connectivity index (χ3n) is 4.61. The highest BCUT2D eigenvalue weighted by molar-refractivity contribution is 5.55. The fourth-order valence-electron chi connectivity index (χ4n) is 3.51. The van der Waals surface area contributed by atoms with Gasteiger partial charge in [0.05, 0.1) is 0 Å². The van der Waals surface area contributed by atoms with Gasteiger partial charge in [0, 0.05) is 37.8 Å². The number of rotatable bonds is 2. The highest BCUT2D eigenvalue weighted by atomic mass is 15.2. The van der Waals surface area contributed by atoms with Crippen LogP contribution in [0.3, 0.4) is 0 Å². The first-order valence-corrected chi connectivity index (χ1v) is 7.53. The van der Waals surface area contributed by atoms with E-state index in [-0.39, 0.29) is 0 Å². The number of fused-ring (bicyclic) bond motifs is 2. The lowest BCUT2D eigenvalue weighted by Crippen LogP contribution is -2.36. The van der Waals surface area contributed by atoms with Gasteiger partial charge < -0.3 is 10.2 Å². The highest BCUT2D eigenvalue weighted by Gasteiger charge is 2.28. The molecule has 0 saturated heterocycles. The summed E-state index contributed by atoms with van der Waals surface area (Å²) in [6.07, 6.45) is 1.24. The smallest absolute Gasteiger partial charge is 0.0412 e. The fraction of sp³-hybridized carbons (Fsp3) is 0.333. The second-order valence-electron chi connectivity index (χ2n) is 5.85. The molecule has 1 aliphatic carbocycles. The van der Waals surface area contributed by atoms with Gasteiger partial charge in [-0.15, -0.1) is 0 Å². The standard InChI is InChI=1S/C18H20N2/c1-3-7-17-14(5-1)11-16(17)13-20-10-9-19-12-15-6-2-4-8-18(15)20/h1-8,16,19H,9-13H2. The highest BCUT2D eigenvalue weighted by Crippen LogP contribution is 2.36. The van der Waals surface area contributed by atoms with Crippen molar-refractivity contribution >= 4 is 5.69 Å². The molecule has 2 aromatic rings. The fourth-order valence-corrected chi connectivity index (χ4v) is 3.51. The molecule has 2 heteroatoms. The number of para-hydroxylation sites is 1. The molecule has 20 heavy (non-hydrogen) atoms. The van der Waals surface area contributed by atoms with Crippen LogP contribution in [-0.4, -0.2) is 19.6 Å². The van der Waals surface area contributed by atoms with Crippen molar-refractivity contribution in [3.63, 3.8) is 0 Å². The van der Waals surface area contributed by atoms with E-state index in [9.17, 15) is 0 Å². The maximum Gasteiger partial charge on any atom is 0.0412 e. The zero-order chi connectivity index (χ0) is 13.4. The lowest BCUT2D eigenvalue weighted by Gasteiger charge is -2.36. The molecule has 0 aromatic heterocycles. The van der Waals surface area contributed by atoms with E-state index < -0.39 is 0 Å². The molecule has 2 nitrogen and oxygen atoms in total. The molecule has 0 saturated carbocycles. The first kappa shape index (κ1) is 12.0. The summed E-state index contributed by atoms with van der Waals surface area (Å²) in [4.78, 5) is 2.57. The quantitative estimate of drug-likeness (QED) is 0.897. The molecule has 0 spiro atoms. The summed E-state index contributed by atoms with van der Waals surface area (Å²) >= 11 is 0. The summed E-state index contributed by atoms with van der Waals surface area (Å²) in [7, 11) is 0. The van der Waals surface area contributed by atoms with Crippen LogP contribution in [0.1, 0.15) is 22.6 Å². The van der Waals surface area contributed by atoms with Crippen molar-refractivity contribution < 1.29 is 0 Å². The zero-order valence-electron chi connectivity index (χ0n) is 11.7. The first-order valence-electron chi connectivity index (χ1n) is 7.53. The van der Waals surface area contributed by atoms with Crippen molar-refractivity contribution in [1.82, 2.24) is 5.32 Å². The Morgan fingerprint density at radius 2 is 1.80 bits per heavy atom. The van der Waals surface area contributed by atoms with Crippen LogP contribution < -0.4 is 10.2 Å². The maximum absolute atomic E-state index is 3.52. The van der Waals surface area contributed by atoms with Crippen LogP contribution in [0.15, 0.2) is 48.5 Å². The van der Waals surface area contributed by atoms with E-state index in [1.54, 1.807) is 11.1 Å². The zero-order valence-corrected chi connectivity index (χ0v) is 11.7. The van der Waals surface area contributed by atoms with Gasteiger partial charge in [-0.2, -0.15) is 0 Å². The third kappa shape index (κ3) is 2.01. The number of nitrogens with one attached hydrogen (secondary N) is 1. The van der Waals surface area contributed by atoms with Crippen molar-refractivity contribution in [1.29, 1.82) is 0 Å². The molecule has 2 aromatic carbocycles. The molecule has 0 bridgehead atoms. The second kappa shape index (κ2) is 4.95. The van der Waals surface area contributed by atoms with Crippen molar-refractivity contribution in [2.24, 2.45) is 0 Å². The first-order chi connectivity index (χ1) is 9.92. The third-order valence-corrected chi connectivity index (χ3v) is 4.61. The molecule has 102 valence electrons. The molecular formula is C18H20N2. The number of hydrogen-bond acceptors (Lipinski definition) is 2. The molecule has 1 heterocycles. The Morgan fingerprint density at radius 3 is 2.70 bits per heavy atom. The minimum Gasteiger partial charge on any atom is -0.369 e. The summed E-state index contributed by atoms with van der Waals surface area (Å²) in [5, 5.41) is 3.52. The van der Waals surface area contributed by atoms with Crippen LogP contribution in [0, 0.1) is 0 Å². The molecular weight excluding hydrogens is 244 g/mol. The Morgan fingerprint density at radius 1 is 1.00 bits per heavy atom.